The minimum Gasteiger partial charge on any atom is -0.465 e. The Bertz CT molecular complexity index is 1510. The average molecular weight is 545 g/mol. The van der Waals surface area contributed by atoms with E-state index in [9.17, 15) is 26.7 Å². The molecule has 3 aromatic rings. The molecule has 198 valence electrons. The van der Waals surface area contributed by atoms with Gasteiger partial charge in [-0.25, -0.2) is 21.6 Å². The van der Waals surface area contributed by atoms with Crippen molar-refractivity contribution in [2.75, 3.05) is 6.26 Å². The largest absolute Gasteiger partial charge is 0.465 e. The van der Waals surface area contributed by atoms with Crippen molar-refractivity contribution in [3.05, 3.63) is 76.6 Å². The van der Waals surface area contributed by atoms with Crippen molar-refractivity contribution in [1.82, 2.24) is 10.3 Å². The molecule has 0 bridgehead atoms. The molecule has 1 heterocycles. The Labute approximate surface area is 218 Å². The van der Waals surface area contributed by atoms with Crippen LogP contribution in [0.4, 0.5) is 4.79 Å². The molecule has 0 radical (unpaired) electrons. The van der Waals surface area contributed by atoms with E-state index < -0.39 is 25.8 Å². The first-order valence-corrected chi connectivity index (χ1v) is 15.3. The number of pyridine rings is 1. The third-order valence-electron chi connectivity index (χ3n) is 5.99. The van der Waals surface area contributed by atoms with Crippen LogP contribution in [-0.2, 0) is 38.4 Å². The first kappa shape index (κ1) is 28.3. The summed E-state index contributed by atoms with van der Waals surface area (Å²) in [6, 6.07) is 12.8. The molecule has 0 saturated carbocycles. The molecule has 0 saturated heterocycles. The van der Waals surface area contributed by atoms with Crippen LogP contribution in [-0.4, -0.2) is 39.3 Å². The number of hydrogen-bond donors (Lipinski definition) is 2. The second-order valence-electron chi connectivity index (χ2n) is 9.60. The number of nitrogens with one attached hydrogen (secondary N) is 1. The molecule has 0 aliphatic carbocycles. The maximum Gasteiger partial charge on any atom is 0.404 e. The first-order chi connectivity index (χ1) is 17.2. The highest BCUT2D eigenvalue weighted by Gasteiger charge is 2.25. The number of sulfone groups is 2. The quantitative estimate of drug-likeness (QED) is 0.399. The molecular formula is C27H32N2O6S2. The zero-order chi connectivity index (χ0) is 27.5. The van der Waals surface area contributed by atoms with Crippen LogP contribution >= 0.6 is 0 Å². The monoisotopic (exact) mass is 544 g/mol. The predicted octanol–water partition coefficient (Wildman–Crippen LogP) is 4.71. The summed E-state index contributed by atoms with van der Waals surface area (Å²) in [5.41, 5.74) is 4.82. The zero-order valence-electron chi connectivity index (χ0n) is 21.6. The van der Waals surface area contributed by atoms with Gasteiger partial charge in [-0.3, -0.25) is 4.98 Å². The normalized spacial score (nSPS) is 12.1. The van der Waals surface area contributed by atoms with Crippen LogP contribution in [0.1, 0.15) is 41.9 Å². The summed E-state index contributed by atoms with van der Waals surface area (Å²) in [6.07, 6.45) is 0.465. The maximum absolute atomic E-state index is 13.5. The molecule has 0 atom stereocenters. The van der Waals surface area contributed by atoms with Crippen LogP contribution in [0.3, 0.4) is 0 Å². The van der Waals surface area contributed by atoms with E-state index in [1.54, 1.807) is 6.92 Å². The smallest absolute Gasteiger partial charge is 0.404 e. The second-order valence-corrected chi connectivity index (χ2v) is 13.6. The second kappa shape index (κ2) is 11.0. The Morgan fingerprint density at radius 1 is 0.919 bits per heavy atom. The number of benzene rings is 2. The van der Waals surface area contributed by atoms with Crippen molar-refractivity contribution >= 4 is 25.8 Å². The maximum atomic E-state index is 13.5. The standard InChI is InChI=1S/C27H32N2O6S2/c1-17(2)14-25-23(15-28-27(30)31)26(20-8-6-18(3)7-9-20)24(19(4)29-25)16-37(34,35)22-12-10-21(11-13-22)36(5,32)33/h6-13,17,28H,14-16H2,1-5H3,(H,30,31). The van der Waals surface area contributed by atoms with Gasteiger partial charge in [0.1, 0.15) is 0 Å². The third-order valence-corrected chi connectivity index (χ3v) is 8.78. The third kappa shape index (κ3) is 6.95. The van der Waals surface area contributed by atoms with Crippen LogP contribution in [0.25, 0.3) is 11.1 Å². The Kier molecular flexibility index (Phi) is 8.44. The van der Waals surface area contributed by atoms with E-state index in [2.05, 4.69) is 5.32 Å². The lowest BCUT2D eigenvalue weighted by atomic mass is 9.90. The number of carbonyl (C=O) groups is 1. The molecular weight excluding hydrogens is 512 g/mol. The van der Waals surface area contributed by atoms with Crippen molar-refractivity contribution < 1.29 is 26.7 Å². The van der Waals surface area contributed by atoms with Gasteiger partial charge in [-0.05, 0) is 67.1 Å². The van der Waals surface area contributed by atoms with E-state index >= 15 is 0 Å². The Balaban J connectivity index is 2.23. The van der Waals surface area contributed by atoms with Gasteiger partial charge < -0.3 is 10.4 Å². The van der Waals surface area contributed by atoms with Gasteiger partial charge in [0.05, 0.1) is 15.5 Å². The molecule has 37 heavy (non-hydrogen) atoms. The van der Waals surface area contributed by atoms with Crippen molar-refractivity contribution in [3.8, 4) is 11.1 Å². The van der Waals surface area contributed by atoms with Crippen LogP contribution in [0, 0.1) is 19.8 Å². The van der Waals surface area contributed by atoms with Crippen molar-refractivity contribution in [2.45, 2.75) is 56.2 Å². The minimum absolute atomic E-state index is 0.00868. The number of aromatic nitrogens is 1. The molecule has 2 aromatic carbocycles. The zero-order valence-corrected chi connectivity index (χ0v) is 23.2. The molecule has 2 N–H and O–H groups in total. The molecule has 3 rings (SSSR count). The number of rotatable bonds is 9. The fraction of sp³-hybridized carbons (Fsp3) is 0.333. The number of hydrogen-bond acceptors (Lipinski definition) is 6. The Morgan fingerprint density at radius 3 is 2.00 bits per heavy atom. The topological polar surface area (TPSA) is 130 Å². The number of aryl methyl sites for hydroxylation is 2. The highest BCUT2D eigenvalue weighted by atomic mass is 32.2. The van der Waals surface area contributed by atoms with E-state index in [4.69, 9.17) is 4.98 Å². The number of nitrogens with zero attached hydrogens (tertiary/aromatic N) is 1. The lowest BCUT2D eigenvalue weighted by Gasteiger charge is -2.22. The summed E-state index contributed by atoms with van der Waals surface area (Å²) in [4.78, 5) is 16.2. The highest BCUT2D eigenvalue weighted by molar-refractivity contribution is 7.91. The molecule has 0 fully saturated rings. The summed E-state index contributed by atoms with van der Waals surface area (Å²) in [5, 5.41) is 11.7. The van der Waals surface area contributed by atoms with E-state index in [0.717, 1.165) is 23.1 Å². The molecule has 1 amide bonds. The average Bonchev–Trinajstić information content (AvgIpc) is 2.79. The van der Waals surface area contributed by atoms with Gasteiger partial charge in [0.25, 0.3) is 0 Å². The van der Waals surface area contributed by atoms with Crippen molar-refractivity contribution in [3.63, 3.8) is 0 Å². The summed E-state index contributed by atoms with van der Waals surface area (Å²) in [6.45, 7) is 7.76. The fourth-order valence-electron chi connectivity index (χ4n) is 4.17. The predicted molar refractivity (Wildman–Crippen MR) is 143 cm³/mol. The minimum atomic E-state index is -3.89. The van der Waals surface area contributed by atoms with Gasteiger partial charge in [0.2, 0.25) is 0 Å². The van der Waals surface area contributed by atoms with Gasteiger partial charge in [0.15, 0.2) is 19.7 Å². The van der Waals surface area contributed by atoms with Gasteiger partial charge in [-0.1, -0.05) is 43.7 Å². The van der Waals surface area contributed by atoms with Gasteiger partial charge in [-0.2, -0.15) is 0 Å². The first-order valence-electron chi connectivity index (χ1n) is 11.8. The Hall–Kier alpha value is -3.24. The van der Waals surface area contributed by atoms with Crippen LogP contribution in [0.2, 0.25) is 0 Å². The van der Waals surface area contributed by atoms with E-state index in [-0.39, 0.29) is 28.0 Å². The summed E-state index contributed by atoms with van der Waals surface area (Å²) in [5.74, 6) is -0.140. The molecule has 0 aliphatic rings. The lowest BCUT2D eigenvalue weighted by Crippen LogP contribution is -2.23. The van der Waals surface area contributed by atoms with E-state index in [1.165, 1.54) is 24.3 Å². The van der Waals surface area contributed by atoms with Crippen LogP contribution in [0.5, 0.6) is 0 Å². The Morgan fingerprint density at radius 2 is 1.49 bits per heavy atom. The van der Waals surface area contributed by atoms with Gasteiger partial charge in [-0.15, -0.1) is 0 Å². The number of carboxylic acid groups (broad SMARTS) is 1. The van der Waals surface area contributed by atoms with Crippen molar-refractivity contribution in [2.24, 2.45) is 5.92 Å². The fourth-order valence-corrected chi connectivity index (χ4v) is 6.25. The molecule has 10 heteroatoms. The van der Waals surface area contributed by atoms with Gasteiger partial charge >= 0.3 is 6.09 Å². The molecule has 0 spiro atoms. The van der Waals surface area contributed by atoms with Crippen LogP contribution < -0.4 is 5.32 Å². The highest BCUT2D eigenvalue weighted by Crippen LogP contribution is 2.35. The molecule has 1 aromatic heterocycles. The van der Waals surface area contributed by atoms with E-state index in [1.807, 2.05) is 45.0 Å². The number of amides is 1. The summed E-state index contributed by atoms with van der Waals surface area (Å²) < 4.78 is 50.6. The van der Waals surface area contributed by atoms with E-state index in [0.29, 0.717) is 28.8 Å². The molecule has 0 unspecified atom stereocenters. The molecule has 0 aliphatic heterocycles. The van der Waals surface area contributed by atoms with Crippen molar-refractivity contribution in [1.29, 1.82) is 0 Å². The lowest BCUT2D eigenvalue weighted by molar-refractivity contribution is 0.194. The summed E-state index contributed by atoms with van der Waals surface area (Å²) in [7, 11) is -7.36. The summed E-state index contributed by atoms with van der Waals surface area (Å²) >= 11 is 0. The van der Waals surface area contributed by atoms with Gasteiger partial charge in [0, 0.05) is 29.8 Å². The van der Waals surface area contributed by atoms with Crippen LogP contribution in [0.15, 0.2) is 58.3 Å². The molecule has 8 nitrogen and oxygen atoms in total. The SMILES string of the molecule is Cc1ccc(-c2c(CS(=O)(=O)c3ccc(S(C)(=O)=O)cc3)c(C)nc(CC(C)C)c2CNC(=O)O)cc1.